The Morgan fingerprint density at radius 1 is 1.73 bits per heavy atom. The van der Waals surface area contributed by atoms with E-state index in [1.54, 1.807) is 12.4 Å². The van der Waals surface area contributed by atoms with Crippen LogP contribution in [0.5, 0.6) is 0 Å². The summed E-state index contributed by atoms with van der Waals surface area (Å²) >= 11 is 4.56. The molecule has 1 aromatic heterocycles. The molecular formula is C7H12N4O2S2. The fraction of sp³-hybridized carbons (Fsp3) is 0.429. The summed E-state index contributed by atoms with van der Waals surface area (Å²) in [6.07, 6.45) is 3.19. The summed E-state index contributed by atoms with van der Waals surface area (Å²) in [4.78, 5) is -0.0333. The van der Waals surface area contributed by atoms with Gasteiger partial charge in [-0.15, -0.1) is 0 Å². The highest BCUT2D eigenvalue weighted by Crippen LogP contribution is 2.05. The van der Waals surface area contributed by atoms with Crippen LogP contribution in [0.2, 0.25) is 0 Å². The minimum atomic E-state index is -3.41. The lowest BCUT2D eigenvalue weighted by Gasteiger charge is -2.15. The van der Waals surface area contributed by atoms with E-state index in [0.717, 1.165) is 5.56 Å². The number of aromatic nitrogens is 2. The van der Waals surface area contributed by atoms with Crippen molar-refractivity contribution in [3.63, 3.8) is 0 Å². The van der Waals surface area contributed by atoms with Crippen molar-refractivity contribution in [2.24, 2.45) is 5.73 Å². The molecule has 0 saturated heterocycles. The summed E-state index contributed by atoms with van der Waals surface area (Å²) in [5.41, 5.74) is 5.98. The van der Waals surface area contributed by atoms with Gasteiger partial charge in [0.05, 0.1) is 11.2 Å². The van der Waals surface area contributed by atoms with Gasteiger partial charge in [0, 0.05) is 25.4 Å². The van der Waals surface area contributed by atoms with Gasteiger partial charge in [0.15, 0.2) is 0 Å². The molecule has 84 valence electrons. The Labute approximate surface area is 93.5 Å². The number of nitrogens with two attached hydrogens (primary N) is 1. The first-order valence-corrected chi connectivity index (χ1v) is 6.13. The van der Waals surface area contributed by atoms with Crippen molar-refractivity contribution in [3.05, 3.63) is 18.0 Å². The third-order valence-corrected chi connectivity index (χ3v) is 3.84. The number of sulfonamides is 1. The van der Waals surface area contributed by atoms with Gasteiger partial charge in [-0.1, -0.05) is 12.2 Å². The molecule has 1 rings (SSSR count). The molecule has 0 aliphatic carbocycles. The minimum Gasteiger partial charge on any atom is -0.392 e. The molecule has 1 heterocycles. The molecule has 0 atom stereocenters. The predicted molar refractivity (Wildman–Crippen MR) is 60.6 cm³/mol. The Hall–Kier alpha value is -0.990. The summed E-state index contributed by atoms with van der Waals surface area (Å²) < 4.78 is 24.4. The zero-order chi connectivity index (χ0) is 11.5. The Bertz CT molecular complexity index is 426. The molecule has 0 aliphatic rings. The number of aromatic amines is 1. The predicted octanol–water partition coefficient (Wildman–Crippen LogP) is -0.543. The van der Waals surface area contributed by atoms with Crippen molar-refractivity contribution in [2.45, 2.75) is 6.54 Å². The van der Waals surface area contributed by atoms with E-state index in [9.17, 15) is 8.42 Å². The fourth-order valence-corrected chi connectivity index (χ4v) is 2.38. The molecule has 0 bridgehead atoms. The summed E-state index contributed by atoms with van der Waals surface area (Å²) in [6, 6.07) is 0. The first-order chi connectivity index (χ1) is 6.92. The molecule has 0 saturated carbocycles. The van der Waals surface area contributed by atoms with E-state index < -0.39 is 10.0 Å². The molecule has 0 unspecified atom stereocenters. The average Bonchev–Trinajstić information content (AvgIpc) is 2.54. The highest BCUT2D eigenvalue weighted by molar-refractivity contribution is 7.92. The molecule has 0 fully saturated rings. The van der Waals surface area contributed by atoms with Crippen molar-refractivity contribution >= 4 is 27.2 Å². The fourth-order valence-electron chi connectivity index (χ4n) is 1.01. The first kappa shape index (κ1) is 12.1. The minimum absolute atomic E-state index is 0.0333. The Morgan fingerprint density at radius 2 is 2.40 bits per heavy atom. The Morgan fingerprint density at radius 3 is 2.87 bits per heavy atom. The van der Waals surface area contributed by atoms with Gasteiger partial charge in [0.25, 0.3) is 0 Å². The van der Waals surface area contributed by atoms with E-state index in [0.29, 0.717) is 0 Å². The third kappa shape index (κ3) is 3.57. The SMILES string of the molecule is CN(Cc1cn[nH]c1)S(=O)(=O)CC(N)=S. The summed E-state index contributed by atoms with van der Waals surface area (Å²) in [6.45, 7) is 0.251. The van der Waals surface area contributed by atoms with E-state index in [2.05, 4.69) is 22.4 Å². The lowest BCUT2D eigenvalue weighted by molar-refractivity contribution is 0.470. The van der Waals surface area contributed by atoms with Crippen LogP contribution in [0.25, 0.3) is 0 Å². The quantitative estimate of drug-likeness (QED) is 0.683. The Balaban J connectivity index is 2.68. The van der Waals surface area contributed by atoms with Crippen LogP contribution in [0.1, 0.15) is 5.56 Å². The van der Waals surface area contributed by atoms with Gasteiger partial charge in [-0.25, -0.2) is 12.7 Å². The van der Waals surface area contributed by atoms with Crippen molar-refractivity contribution < 1.29 is 8.42 Å². The van der Waals surface area contributed by atoms with Crippen LogP contribution in [0.15, 0.2) is 12.4 Å². The molecule has 0 aromatic carbocycles. The van der Waals surface area contributed by atoms with Crippen molar-refractivity contribution in [2.75, 3.05) is 12.8 Å². The maximum absolute atomic E-state index is 11.6. The average molecular weight is 248 g/mol. The molecule has 3 N–H and O–H groups in total. The first-order valence-electron chi connectivity index (χ1n) is 4.12. The normalized spacial score (nSPS) is 11.9. The monoisotopic (exact) mass is 248 g/mol. The maximum atomic E-state index is 11.6. The molecule has 1 aromatic rings. The van der Waals surface area contributed by atoms with Crippen LogP contribution < -0.4 is 5.73 Å². The highest BCUT2D eigenvalue weighted by atomic mass is 32.2. The van der Waals surface area contributed by atoms with Gasteiger partial charge in [0.1, 0.15) is 5.75 Å². The van der Waals surface area contributed by atoms with Gasteiger partial charge in [-0.3, -0.25) is 5.10 Å². The van der Waals surface area contributed by atoms with E-state index in [4.69, 9.17) is 5.73 Å². The lowest BCUT2D eigenvalue weighted by Crippen LogP contribution is -2.33. The van der Waals surface area contributed by atoms with Gasteiger partial charge in [-0.05, 0) is 0 Å². The smallest absolute Gasteiger partial charge is 0.220 e. The van der Waals surface area contributed by atoms with Gasteiger partial charge >= 0.3 is 0 Å². The van der Waals surface area contributed by atoms with Crippen LogP contribution in [0, 0.1) is 0 Å². The number of H-pyrrole nitrogens is 1. The number of rotatable bonds is 5. The van der Waals surface area contributed by atoms with Crippen LogP contribution in [-0.2, 0) is 16.6 Å². The molecule has 0 radical (unpaired) electrons. The van der Waals surface area contributed by atoms with E-state index in [-0.39, 0.29) is 17.3 Å². The van der Waals surface area contributed by atoms with E-state index in [1.807, 2.05) is 0 Å². The van der Waals surface area contributed by atoms with Gasteiger partial charge < -0.3 is 5.73 Å². The lowest BCUT2D eigenvalue weighted by atomic mass is 10.4. The molecule has 0 spiro atoms. The molecule has 0 amide bonds. The second kappa shape index (κ2) is 4.69. The summed E-state index contributed by atoms with van der Waals surface area (Å²) in [5.74, 6) is -0.309. The summed E-state index contributed by atoms with van der Waals surface area (Å²) in [5, 5.41) is 6.33. The zero-order valence-electron chi connectivity index (χ0n) is 8.17. The molecule has 8 heteroatoms. The number of nitrogens with zero attached hydrogens (tertiary/aromatic N) is 2. The van der Waals surface area contributed by atoms with Crippen molar-refractivity contribution in [1.29, 1.82) is 0 Å². The maximum Gasteiger partial charge on any atom is 0.220 e. The number of thiocarbonyl (C=S) groups is 1. The van der Waals surface area contributed by atoms with E-state index >= 15 is 0 Å². The largest absolute Gasteiger partial charge is 0.392 e. The van der Waals surface area contributed by atoms with Crippen LogP contribution >= 0.6 is 12.2 Å². The molecule has 15 heavy (non-hydrogen) atoms. The molecule has 6 nitrogen and oxygen atoms in total. The second-order valence-corrected chi connectivity index (χ2v) is 5.69. The van der Waals surface area contributed by atoms with E-state index in [1.165, 1.54) is 11.4 Å². The van der Waals surface area contributed by atoms with Gasteiger partial charge in [0.2, 0.25) is 10.0 Å². The number of nitrogens with one attached hydrogen (secondary N) is 1. The second-order valence-electron chi connectivity index (χ2n) is 3.09. The molecular weight excluding hydrogens is 236 g/mol. The zero-order valence-corrected chi connectivity index (χ0v) is 9.81. The molecule has 0 aliphatic heterocycles. The van der Waals surface area contributed by atoms with Crippen LogP contribution in [-0.4, -0.2) is 40.7 Å². The topological polar surface area (TPSA) is 92.1 Å². The van der Waals surface area contributed by atoms with Crippen LogP contribution in [0.3, 0.4) is 0 Å². The van der Waals surface area contributed by atoms with Crippen LogP contribution in [0.4, 0.5) is 0 Å². The number of hydrogen-bond donors (Lipinski definition) is 2. The van der Waals surface area contributed by atoms with Crippen molar-refractivity contribution in [1.82, 2.24) is 14.5 Å². The highest BCUT2D eigenvalue weighted by Gasteiger charge is 2.19. The number of hydrogen-bond acceptors (Lipinski definition) is 4. The Kier molecular flexibility index (Phi) is 3.77. The van der Waals surface area contributed by atoms with Crippen molar-refractivity contribution in [3.8, 4) is 0 Å². The van der Waals surface area contributed by atoms with Gasteiger partial charge in [-0.2, -0.15) is 5.10 Å². The third-order valence-electron chi connectivity index (χ3n) is 1.76. The standard InChI is InChI=1S/C7H12N4O2S2/c1-11(4-6-2-9-10-3-6)15(12,13)5-7(8)14/h2-3H,4-5H2,1H3,(H2,8,14)(H,9,10). The summed E-state index contributed by atoms with van der Waals surface area (Å²) in [7, 11) is -1.94.